The lowest BCUT2D eigenvalue weighted by Gasteiger charge is -2.28. The second-order valence-corrected chi connectivity index (χ2v) is 4.97. The van der Waals surface area contributed by atoms with Gasteiger partial charge in [-0.3, -0.25) is 0 Å². The molecule has 0 radical (unpaired) electrons. The summed E-state index contributed by atoms with van der Waals surface area (Å²) in [4.78, 5) is 11.2. The average molecular weight is 238 g/mol. The lowest BCUT2D eigenvalue weighted by Crippen LogP contribution is -2.39. The number of hydrogen-bond acceptors (Lipinski definition) is 3. The Morgan fingerprint density at radius 2 is 1.94 bits per heavy atom. The molecule has 0 bridgehead atoms. The maximum atomic E-state index is 11.2. The Morgan fingerprint density at radius 3 is 2.41 bits per heavy atom. The van der Waals surface area contributed by atoms with Gasteiger partial charge in [0.1, 0.15) is 5.75 Å². The van der Waals surface area contributed by atoms with Crippen LogP contribution < -0.4 is 4.74 Å². The number of aliphatic hydroxyl groups is 1. The lowest BCUT2D eigenvalue weighted by molar-refractivity contribution is -0.150. The standard InChI is InChI=1S/C13H18O4/c1-13(2,3)11(12(15)16)17-10-7-5-4-6-9(10)8-14/h4-7,11,14H,8H2,1-3H3,(H,15,16). The second-order valence-electron chi connectivity index (χ2n) is 4.97. The van der Waals surface area contributed by atoms with Crippen molar-refractivity contribution in [3.63, 3.8) is 0 Å². The van der Waals surface area contributed by atoms with E-state index in [1.165, 1.54) is 0 Å². The molecular weight excluding hydrogens is 220 g/mol. The summed E-state index contributed by atoms with van der Waals surface area (Å²) in [5.74, 6) is -0.595. The lowest BCUT2D eigenvalue weighted by atomic mass is 9.89. The molecule has 1 aromatic rings. The van der Waals surface area contributed by atoms with Crippen LogP contribution in [-0.4, -0.2) is 22.3 Å². The van der Waals surface area contributed by atoms with Crippen molar-refractivity contribution in [1.82, 2.24) is 0 Å². The summed E-state index contributed by atoms with van der Waals surface area (Å²) in [6.07, 6.45) is -0.949. The second kappa shape index (κ2) is 5.19. The fraction of sp³-hybridized carbons (Fsp3) is 0.462. The van der Waals surface area contributed by atoms with Crippen LogP contribution in [0.4, 0.5) is 0 Å². The van der Waals surface area contributed by atoms with Gasteiger partial charge in [-0.1, -0.05) is 39.0 Å². The minimum atomic E-state index is -1.01. The van der Waals surface area contributed by atoms with Crippen LogP contribution in [0.1, 0.15) is 26.3 Å². The molecule has 0 aliphatic carbocycles. The van der Waals surface area contributed by atoms with Gasteiger partial charge < -0.3 is 14.9 Å². The van der Waals surface area contributed by atoms with Gasteiger partial charge in [0.25, 0.3) is 0 Å². The van der Waals surface area contributed by atoms with E-state index in [1.807, 2.05) is 0 Å². The highest BCUT2D eigenvalue weighted by atomic mass is 16.5. The normalized spacial score (nSPS) is 13.2. The molecule has 0 heterocycles. The molecule has 1 unspecified atom stereocenters. The maximum absolute atomic E-state index is 11.2. The minimum Gasteiger partial charge on any atom is -0.478 e. The number of ether oxygens (including phenoxy) is 1. The van der Waals surface area contributed by atoms with E-state index in [4.69, 9.17) is 14.9 Å². The van der Waals surface area contributed by atoms with E-state index >= 15 is 0 Å². The first-order valence-electron chi connectivity index (χ1n) is 5.44. The van der Waals surface area contributed by atoms with E-state index in [9.17, 15) is 4.79 Å². The SMILES string of the molecule is CC(C)(C)C(Oc1ccccc1CO)C(=O)O. The van der Waals surface area contributed by atoms with E-state index in [0.717, 1.165) is 0 Å². The first-order valence-corrected chi connectivity index (χ1v) is 5.44. The molecule has 1 atom stereocenters. The van der Waals surface area contributed by atoms with Gasteiger partial charge in [0.2, 0.25) is 0 Å². The summed E-state index contributed by atoms with van der Waals surface area (Å²) < 4.78 is 5.50. The Labute approximate surface area is 101 Å². The van der Waals surface area contributed by atoms with Crippen molar-refractivity contribution in [3.05, 3.63) is 29.8 Å². The van der Waals surface area contributed by atoms with E-state index in [0.29, 0.717) is 11.3 Å². The number of aliphatic hydroxyl groups excluding tert-OH is 1. The third-order valence-electron chi connectivity index (χ3n) is 2.40. The van der Waals surface area contributed by atoms with Crippen molar-refractivity contribution in [2.75, 3.05) is 0 Å². The Hall–Kier alpha value is -1.55. The van der Waals surface area contributed by atoms with Gasteiger partial charge in [0.05, 0.1) is 6.61 Å². The first kappa shape index (κ1) is 13.5. The molecule has 0 aliphatic heterocycles. The van der Waals surface area contributed by atoms with Gasteiger partial charge in [0.15, 0.2) is 6.10 Å². The molecule has 0 amide bonds. The minimum absolute atomic E-state index is 0.174. The van der Waals surface area contributed by atoms with Crippen LogP contribution in [-0.2, 0) is 11.4 Å². The molecule has 0 saturated carbocycles. The van der Waals surface area contributed by atoms with E-state index in [-0.39, 0.29) is 6.61 Å². The van der Waals surface area contributed by atoms with Crippen molar-refractivity contribution in [2.45, 2.75) is 33.5 Å². The monoisotopic (exact) mass is 238 g/mol. The number of carbonyl (C=O) groups is 1. The van der Waals surface area contributed by atoms with Crippen LogP contribution in [0.25, 0.3) is 0 Å². The third kappa shape index (κ3) is 3.46. The Kier molecular flexibility index (Phi) is 4.12. The first-order chi connectivity index (χ1) is 7.86. The zero-order valence-corrected chi connectivity index (χ0v) is 10.3. The van der Waals surface area contributed by atoms with Crippen molar-refractivity contribution in [1.29, 1.82) is 0 Å². The van der Waals surface area contributed by atoms with Crippen molar-refractivity contribution in [3.8, 4) is 5.75 Å². The van der Waals surface area contributed by atoms with Crippen molar-refractivity contribution < 1.29 is 19.7 Å². The van der Waals surface area contributed by atoms with E-state index < -0.39 is 17.5 Å². The predicted octanol–water partition coefficient (Wildman–Crippen LogP) is 2.06. The Balaban J connectivity index is 2.98. The molecule has 1 aromatic carbocycles. The smallest absolute Gasteiger partial charge is 0.345 e. The molecule has 4 nitrogen and oxygen atoms in total. The fourth-order valence-corrected chi connectivity index (χ4v) is 1.47. The quantitative estimate of drug-likeness (QED) is 0.842. The molecule has 4 heteroatoms. The summed E-state index contributed by atoms with van der Waals surface area (Å²) in [6.45, 7) is 5.22. The number of hydrogen-bond donors (Lipinski definition) is 2. The summed E-state index contributed by atoms with van der Waals surface area (Å²) in [5.41, 5.74) is 0.0667. The van der Waals surface area contributed by atoms with E-state index in [1.54, 1.807) is 45.0 Å². The molecule has 2 N–H and O–H groups in total. The summed E-state index contributed by atoms with van der Waals surface area (Å²) in [7, 11) is 0. The van der Waals surface area contributed by atoms with E-state index in [2.05, 4.69) is 0 Å². The number of carboxylic acid groups (broad SMARTS) is 1. The number of para-hydroxylation sites is 1. The zero-order chi connectivity index (χ0) is 13.1. The third-order valence-corrected chi connectivity index (χ3v) is 2.40. The number of benzene rings is 1. The zero-order valence-electron chi connectivity index (χ0n) is 10.3. The van der Waals surface area contributed by atoms with Gasteiger partial charge in [-0.25, -0.2) is 4.79 Å². The number of rotatable bonds is 4. The van der Waals surface area contributed by atoms with Gasteiger partial charge in [-0.15, -0.1) is 0 Å². The van der Waals surface area contributed by atoms with Gasteiger partial charge in [-0.05, 0) is 6.07 Å². The molecular formula is C13H18O4. The van der Waals surface area contributed by atoms with Crippen LogP contribution in [0.5, 0.6) is 5.75 Å². The van der Waals surface area contributed by atoms with Crippen LogP contribution in [0.15, 0.2) is 24.3 Å². The molecule has 1 rings (SSSR count). The average Bonchev–Trinajstić information content (AvgIpc) is 2.24. The molecule has 0 fully saturated rings. The molecule has 94 valence electrons. The highest BCUT2D eigenvalue weighted by Gasteiger charge is 2.33. The molecule has 17 heavy (non-hydrogen) atoms. The van der Waals surface area contributed by atoms with Crippen LogP contribution in [0, 0.1) is 5.41 Å². The van der Waals surface area contributed by atoms with Crippen LogP contribution in [0.2, 0.25) is 0 Å². The highest BCUT2D eigenvalue weighted by Crippen LogP contribution is 2.27. The molecule has 0 saturated heterocycles. The molecule has 0 spiro atoms. The highest BCUT2D eigenvalue weighted by molar-refractivity contribution is 5.73. The van der Waals surface area contributed by atoms with Crippen molar-refractivity contribution >= 4 is 5.97 Å². The maximum Gasteiger partial charge on any atom is 0.345 e. The Morgan fingerprint density at radius 1 is 1.35 bits per heavy atom. The summed E-state index contributed by atoms with van der Waals surface area (Å²) in [6, 6.07) is 6.88. The Bertz CT molecular complexity index is 393. The van der Waals surface area contributed by atoms with Gasteiger partial charge in [-0.2, -0.15) is 0 Å². The largest absolute Gasteiger partial charge is 0.478 e. The van der Waals surface area contributed by atoms with Crippen LogP contribution >= 0.6 is 0 Å². The summed E-state index contributed by atoms with van der Waals surface area (Å²) >= 11 is 0. The molecule has 0 aromatic heterocycles. The van der Waals surface area contributed by atoms with Crippen molar-refractivity contribution in [2.24, 2.45) is 5.41 Å². The van der Waals surface area contributed by atoms with Crippen LogP contribution in [0.3, 0.4) is 0 Å². The summed E-state index contributed by atoms with van der Waals surface area (Å²) in [5, 5.41) is 18.3. The topological polar surface area (TPSA) is 66.8 Å². The predicted molar refractivity (Wildman–Crippen MR) is 63.9 cm³/mol. The number of aliphatic carboxylic acids is 1. The van der Waals surface area contributed by atoms with Gasteiger partial charge in [0, 0.05) is 11.0 Å². The fourth-order valence-electron chi connectivity index (χ4n) is 1.47. The number of carboxylic acids is 1. The van der Waals surface area contributed by atoms with Gasteiger partial charge >= 0.3 is 5.97 Å². The molecule has 0 aliphatic rings.